The molecule has 2 unspecified atom stereocenters. The molecule has 3 nitrogen and oxygen atoms in total. The number of hydrogen-bond donors (Lipinski definition) is 1. The number of rotatable bonds is 6. The average Bonchev–Trinajstić information content (AvgIpc) is 3.31. The molecule has 1 saturated heterocycles. The Hall–Kier alpha value is -0.590. The molecule has 2 atom stereocenters. The van der Waals surface area contributed by atoms with Crippen molar-refractivity contribution in [2.45, 2.75) is 82.3 Å². The lowest BCUT2D eigenvalue weighted by Gasteiger charge is -2.38. The van der Waals surface area contributed by atoms with Gasteiger partial charge in [-0.05, 0) is 57.4 Å². The van der Waals surface area contributed by atoms with Crippen molar-refractivity contribution in [2.75, 3.05) is 13.1 Å². The van der Waals surface area contributed by atoms with Crippen LogP contribution in [-0.2, 0) is 0 Å². The molecule has 3 aliphatic rings. The molecule has 0 amide bonds. The van der Waals surface area contributed by atoms with Gasteiger partial charge in [-0.1, -0.05) is 19.8 Å². The molecule has 0 bridgehead atoms. The summed E-state index contributed by atoms with van der Waals surface area (Å²) in [6.45, 7) is 4.46. The van der Waals surface area contributed by atoms with Crippen LogP contribution in [0.2, 0.25) is 0 Å². The van der Waals surface area contributed by atoms with E-state index in [1.54, 1.807) is 0 Å². The van der Waals surface area contributed by atoms with Crippen molar-refractivity contribution in [3.8, 4) is 6.07 Å². The molecule has 0 aromatic carbocycles. The largest absolute Gasteiger partial charge is 0.297 e. The summed E-state index contributed by atoms with van der Waals surface area (Å²) in [5, 5.41) is 13.6. The fourth-order valence-electron chi connectivity index (χ4n) is 3.85. The number of nitrogens with zero attached hydrogens (tertiary/aromatic N) is 2. The topological polar surface area (TPSA) is 39.1 Å². The Morgan fingerprint density at radius 1 is 1.15 bits per heavy atom. The molecule has 1 N–H and O–H groups in total. The molecule has 1 heterocycles. The lowest BCUT2D eigenvalue weighted by atomic mass is 9.92. The molecule has 0 radical (unpaired) electrons. The van der Waals surface area contributed by atoms with Gasteiger partial charge in [0.1, 0.15) is 5.54 Å². The van der Waals surface area contributed by atoms with E-state index in [0.29, 0.717) is 18.0 Å². The Labute approximate surface area is 123 Å². The summed E-state index contributed by atoms with van der Waals surface area (Å²) < 4.78 is 0. The predicted molar refractivity (Wildman–Crippen MR) is 81.3 cm³/mol. The van der Waals surface area contributed by atoms with E-state index in [2.05, 4.69) is 23.2 Å². The van der Waals surface area contributed by atoms with Crippen LogP contribution < -0.4 is 5.32 Å². The van der Waals surface area contributed by atoms with E-state index >= 15 is 0 Å². The molecule has 112 valence electrons. The first-order chi connectivity index (χ1) is 9.77. The Kier molecular flexibility index (Phi) is 4.33. The fraction of sp³-hybridized carbons (Fsp3) is 0.941. The standard InChI is InChI=1S/C17H29N3/c1-2-16-6-4-3-5-11-20(16)13-17(12-18,14-7-8-14)19-15-9-10-15/h14-16,19H,2-11,13H2,1H3. The zero-order valence-electron chi connectivity index (χ0n) is 12.9. The SMILES string of the molecule is CCC1CCCCCN1CC(C#N)(NC1CC1)C1CC1. The summed E-state index contributed by atoms with van der Waals surface area (Å²) in [6.07, 6.45) is 11.6. The first kappa shape index (κ1) is 14.4. The van der Waals surface area contributed by atoms with Gasteiger partial charge in [0.2, 0.25) is 0 Å². The van der Waals surface area contributed by atoms with E-state index in [1.165, 1.54) is 64.3 Å². The van der Waals surface area contributed by atoms with Crippen LogP contribution in [0.1, 0.15) is 64.7 Å². The highest BCUT2D eigenvalue weighted by atomic mass is 15.2. The minimum atomic E-state index is -0.251. The van der Waals surface area contributed by atoms with Crippen LogP contribution >= 0.6 is 0 Å². The number of nitrogens with one attached hydrogen (secondary N) is 1. The first-order valence-electron chi connectivity index (χ1n) is 8.70. The van der Waals surface area contributed by atoms with Crippen molar-refractivity contribution in [1.29, 1.82) is 5.26 Å². The smallest absolute Gasteiger partial charge is 0.122 e. The van der Waals surface area contributed by atoms with Crippen LogP contribution in [0.25, 0.3) is 0 Å². The summed E-state index contributed by atoms with van der Waals surface area (Å²) >= 11 is 0. The van der Waals surface area contributed by atoms with Gasteiger partial charge in [-0.3, -0.25) is 10.2 Å². The minimum absolute atomic E-state index is 0.251. The highest BCUT2D eigenvalue weighted by Crippen LogP contribution is 2.42. The van der Waals surface area contributed by atoms with Crippen molar-refractivity contribution < 1.29 is 0 Å². The molecule has 20 heavy (non-hydrogen) atoms. The van der Waals surface area contributed by atoms with Crippen LogP contribution in [0.5, 0.6) is 0 Å². The number of nitriles is 1. The van der Waals surface area contributed by atoms with Gasteiger partial charge in [-0.25, -0.2) is 0 Å². The maximum Gasteiger partial charge on any atom is 0.122 e. The highest BCUT2D eigenvalue weighted by Gasteiger charge is 2.49. The summed E-state index contributed by atoms with van der Waals surface area (Å²) in [5.41, 5.74) is -0.251. The molecule has 0 aromatic rings. The highest BCUT2D eigenvalue weighted by molar-refractivity contribution is 5.19. The third-order valence-electron chi connectivity index (χ3n) is 5.44. The molecule has 3 rings (SSSR count). The zero-order valence-corrected chi connectivity index (χ0v) is 12.9. The fourth-order valence-corrected chi connectivity index (χ4v) is 3.85. The summed E-state index contributed by atoms with van der Waals surface area (Å²) in [4.78, 5) is 2.64. The van der Waals surface area contributed by atoms with Crippen LogP contribution in [-0.4, -0.2) is 35.6 Å². The van der Waals surface area contributed by atoms with Gasteiger partial charge >= 0.3 is 0 Å². The van der Waals surface area contributed by atoms with Crippen molar-refractivity contribution in [3.63, 3.8) is 0 Å². The van der Waals surface area contributed by atoms with E-state index < -0.39 is 0 Å². The minimum Gasteiger partial charge on any atom is -0.297 e. The third kappa shape index (κ3) is 3.18. The molecule has 1 aliphatic heterocycles. The molecular formula is C17H29N3. The van der Waals surface area contributed by atoms with Gasteiger partial charge in [-0.15, -0.1) is 0 Å². The van der Waals surface area contributed by atoms with Gasteiger partial charge in [0.15, 0.2) is 0 Å². The molecule has 2 saturated carbocycles. The van der Waals surface area contributed by atoms with Crippen LogP contribution in [0.15, 0.2) is 0 Å². The lowest BCUT2D eigenvalue weighted by Crippen LogP contribution is -2.57. The first-order valence-corrected chi connectivity index (χ1v) is 8.70. The monoisotopic (exact) mass is 275 g/mol. The van der Waals surface area contributed by atoms with E-state index in [4.69, 9.17) is 0 Å². The van der Waals surface area contributed by atoms with E-state index in [0.717, 1.165) is 6.54 Å². The van der Waals surface area contributed by atoms with Gasteiger partial charge in [0.25, 0.3) is 0 Å². The Morgan fingerprint density at radius 3 is 2.55 bits per heavy atom. The van der Waals surface area contributed by atoms with Gasteiger partial charge in [0.05, 0.1) is 6.07 Å². The third-order valence-corrected chi connectivity index (χ3v) is 5.44. The normalized spacial score (nSPS) is 31.3. The molecule has 0 spiro atoms. The summed E-state index contributed by atoms with van der Waals surface area (Å²) in [7, 11) is 0. The van der Waals surface area contributed by atoms with E-state index in [-0.39, 0.29) is 5.54 Å². The van der Waals surface area contributed by atoms with Crippen molar-refractivity contribution in [3.05, 3.63) is 0 Å². The summed E-state index contributed by atoms with van der Waals surface area (Å²) in [6, 6.07) is 4.03. The summed E-state index contributed by atoms with van der Waals surface area (Å²) in [5.74, 6) is 0.605. The Bertz CT molecular complexity index is 367. The molecule has 0 aromatic heterocycles. The maximum atomic E-state index is 9.88. The molecule has 3 heteroatoms. The molecule has 3 fully saturated rings. The Balaban J connectivity index is 1.71. The van der Waals surface area contributed by atoms with Crippen LogP contribution in [0.4, 0.5) is 0 Å². The van der Waals surface area contributed by atoms with Crippen molar-refractivity contribution in [1.82, 2.24) is 10.2 Å². The number of likely N-dealkylation sites (tertiary alicyclic amines) is 1. The molecule has 2 aliphatic carbocycles. The second kappa shape index (κ2) is 6.03. The van der Waals surface area contributed by atoms with Crippen LogP contribution in [0, 0.1) is 17.2 Å². The number of hydrogen-bond acceptors (Lipinski definition) is 3. The van der Waals surface area contributed by atoms with Crippen LogP contribution in [0.3, 0.4) is 0 Å². The lowest BCUT2D eigenvalue weighted by molar-refractivity contribution is 0.142. The van der Waals surface area contributed by atoms with Crippen molar-refractivity contribution in [2.24, 2.45) is 5.92 Å². The molecular weight excluding hydrogens is 246 g/mol. The maximum absolute atomic E-state index is 9.88. The van der Waals surface area contributed by atoms with Gasteiger partial charge in [-0.2, -0.15) is 5.26 Å². The Morgan fingerprint density at radius 2 is 1.95 bits per heavy atom. The second-order valence-electron chi connectivity index (χ2n) is 7.16. The van der Waals surface area contributed by atoms with Gasteiger partial charge in [0, 0.05) is 18.6 Å². The zero-order chi connectivity index (χ0) is 14.0. The van der Waals surface area contributed by atoms with Crippen molar-refractivity contribution >= 4 is 0 Å². The average molecular weight is 275 g/mol. The quantitative estimate of drug-likeness (QED) is 0.809. The predicted octanol–water partition coefficient (Wildman–Crippen LogP) is 3.07. The van der Waals surface area contributed by atoms with Gasteiger partial charge < -0.3 is 0 Å². The van der Waals surface area contributed by atoms with E-state index in [9.17, 15) is 5.26 Å². The second-order valence-corrected chi connectivity index (χ2v) is 7.16. The van der Waals surface area contributed by atoms with E-state index in [1.807, 2.05) is 0 Å².